The number of ether oxygens (including phenoxy) is 1. The Bertz CT molecular complexity index is 945. The van der Waals surface area contributed by atoms with Gasteiger partial charge >= 0.3 is 0 Å². The number of nitrogens with zero attached hydrogens (tertiary/aromatic N) is 5. The van der Waals surface area contributed by atoms with E-state index in [1.807, 2.05) is 30.3 Å². The number of piperidine rings is 1. The van der Waals surface area contributed by atoms with Crippen LogP contribution in [0, 0.1) is 0 Å². The molecule has 4 rings (SSSR count). The molecule has 1 aliphatic heterocycles. The maximum atomic E-state index is 13.1. The fraction of sp³-hybridized carbons (Fsp3) is 0.333. The Morgan fingerprint density at radius 2 is 2.07 bits per heavy atom. The molecule has 29 heavy (non-hydrogen) atoms. The van der Waals surface area contributed by atoms with Gasteiger partial charge in [0.2, 0.25) is 5.91 Å². The maximum absolute atomic E-state index is 13.1. The minimum Gasteiger partial charge on any atom is -0.497 e. The van der Waals surface area contributed by atoms with Gasteiger partial charge in [-0.3, -0.25) is 9.69 Å². The molecule has 2 heterocycles. The van der Waals surface area contributed by atoms with E-state index in [1.54, 1.807) is 13.2 Å². The number of hydrogen-bond acceptors (Lipinski definition) is 6. The monoisotopic (exact) mass is 392 g/mol. The van der Waals surface area contributed by atoms with Crippen LogP contribution >= 0.6 is 0 Å². The summed E-state index contributed by atoms with van der Waals surface area (Å²) in [6.45, 7) is 1.69. The summed E-state index contributed by atoms with van der Waals surface area (Å²) < 4.78 is 6.91. The molecule has 1 amide bonds. The van der Waals surface area contributed by atoms with Crippen LogP contribution in [0.5, 0.6) is 5.75 Å². The lowest BCUT2D eigenvalue weighted by Crippen LogP contribution is -2.46. The number of aromatic nitrogens is 4. The topological polar surface area (TPSA) is 85.2 Å². The van der Waals surface area contributed by atoms with Gasteiger partial charge in [0.1, 0.15) is 12.1 Å². The molecule has 8 heteroatoms. The zero-order chi connectivity index (χ0) is 20.1. The highest BCUT2D eigenvalue weighted by molar-refractivity contribution is 5.95. The van der Waals surface area contributed by atoms with E-state index in [2.05, 4.69) is 37.9 Å². The van der Waals surface area contributed by atoms with Gasteiger partial charge in [0, 0.05) is 24.4 Å². The number of methoxy groups -OCH3 is 1. The molecule has 1 atom stereocenters. The van der Waals surface area contributed by atoms with Crippen molar-refractivity contribution in [3.05, 3.63) is 60.4 Å². The molecule has 1 unspecified atom stereocenters. The van der Waals surface area contributed by atoms with Crippen molar-refractivity contribution in [2.75, 3.05) is 19.0 Å². The smallest absolute Gasteiger partial charge is 0.241 e. The molecule has 150 valence electrons. The molecule has 2 aromatic carbocycles. The van der Waals surface area contributed by atoms with Crippen molar-refractivity contribution >= 4 is 11.6 Å². The molecule has 0 spiro atoms. The average molecular weight is 392 g/mol. The van der Waals surface area contributed by atoms with Gasteiger partial charge in [0.25, 0.3) is 0 Å². The lowest BCUT2D eigenvalue weighted by Gasteiger charge is -2.34. The summed E-state index contributed by atoms with van der Waals surface area (Å²) in [5, 5.41) is 14.3. The van der Waals surface area contributed by atoms with Crippen LogP contribution in [0.25, 0.3) is 5.69 Å². The van der Waals surface area contributed by atoms with E-state index in [-0.39, 0.29) is 11.9 Å². The van der Waals surface area contributed by atoms with Gasteiger partial charge in [-0.15, -0.1) is 5.10 Å². The van der Waals surface area contributed by atoms with E-state index in [4.69, 9.17) is 4.74 Å². The third kappa shape index (κ3) is 4.60. The molecule has 1 aliphatic rings. The lowest BCUT2D eigenvalue weighted by molar-refractivity contribution is -0.122. The molecule has 0 aliphatic carbocycles. The average Bonchev–Trinajstić information content (AvgIpc) is 3.29. The second-order valence-electron chi connectivity index (χ2n) is 7.13. The van der Waals surface area contributed by atoms with Gasteiger partial charge in [0.05, 0.1) is 18.8 Å². The summed E-state index contributed by atoms with van der Waals surface area (Å²) in [4.78, 5) is 15.4. The molecule has 0 bridgehead atoms. The first-order valence-corrected chi connectivity index (χ1v) is 9.74. The summed E-state index contributed by atoms with van der Waals surface area (Å²) in [5.41, 5.74) is 2.59. The first-order chi connectivity index (χ1) is 14.2. The number of nitrogens with one attached hydrogen (secondary N) is 1. The third-order valence-corrected chi connectivity index (χ3v) is 5.15. The number of anilines is 1. The third-order valence-electron chi connectivity index (χ3n) is 5.15. The van der Waals surface area contributed by atoms with Crippen LogP contribution in [0.1, 0.15) is 24.8 Å². The normalized spacial score (nSPS) is 17.1. The van der Waals surface area contributed by atoms with Crippen molar-refractivity contribution in [1.82, 2.24) is 25.1 Å². The number of hydrogen-bond donors (Lipinski definition) is 1. The van der Waals surface area contributed by atoms with Crippen LogP contribution in [0.3, 0.4) is 0 Å². The van der Waals surface area contributed by atoms with Gasteiger partial charge in [-0.1, -0.05) is 36.8 Å². The van der Waals surface area contributed by atoms with Crippen LogP contribution in [0.4, 0.5) is 5.69 Å². The highest BCUT2D eigenvalue weighted by Gasteiger charge is 2.28. The first-order valence-electron chi connectivity index (χ1n) is 9.74. The molecule has 0 radical (unpaired) electrons. The summed E-state index contributed by atoms with van der Waals surface area (Å²) in [6, 6.07) is 15.6. The summed E-state index contributed by atoms with van der Waals surface area (Å²) in [5.74, 6) is 0.620. The van der Waals surface area contributed by atoms with E-state index < -0.39 is 0 Å². The van der Waals surface area contributed by atoms with Crippen LogP contribution < -0.4 is 10.1 Å². The van der Waals surface area contributed by atoms with E-state index in [0.29, 0.717) is 11.4 Å². The molecule has 3 aromatic rings. The SMILES string of the molecule is COc1cc(NC(=O)C2CCCCN2Cc2ccccc2)cc(-n2cnnn2)c1. The van der Waals surface area contributed by atoms with Gasteiger partial charge < -0.3 is 10.1 Å². The Morgan fingerprint density at radius 1 is 1.21 bits per heavy atom. The van der Waals surface area contributed by atoms with E-state index in [0.717, 1.165) is 38.0 Å². The second-order valence-corrected chi connectivity index (χ2v) is 7.13. The van der Waals surface area contributed by atoms with E-state index in [9.17, 15) is 4.79 Å². The quantitative estimate of drug-likeness (QED) is 0.694. The zero-order valence-electron chi connectivity index (χ0n) is 16.4. The number of carbonyl (C=O) groups excluding carboxylic acids is 1. The lowest BCUT2D eigenvalue weighted by atomic mass is 10.00. The Hall–Kier alpha value is -3.26. The highest BCUT2D eigenvalue weighted by atomic mass is 16.5. The number of rotatable bonds is 6. The molecule has 1 N–H and O–H groups in total. The van der Waals surface area contributed by atoms with Gasteiger partial charge in [-0.25, -0.2) is 4.68 Å². The Labute approximate surface area is 169 Å². The summed E-state index contributed by atoms with van der Waals surface area (Å²) in [6.07, 6.45) is 4.52. The minimum absolute atomic E-state index is 0.00319. The Morgan fingerprint density at radius 3 is 2.83 bits per heavy atom. The molecule has 8 nitrogen and oxygen atoms in total. The number of carbonyl (C=O) groups is 1. The highest BCUT2D eigenvalue weighted by Crippen LogP contribution is 2.25. The fourth-order valence-electron chi connectivity index (χ4n) is 3.71. The summed E-state index contributed by atoms with van der Waals surface area (Å²) in [7, 11) is 1.59. The van der Waals surface area contributed by atoms with Crippen LogP contribution in [-0.4, -0.2) is 50.7 Å². The molecule has 1 saturated heterocycles. The molecular weight excluding hydrogens is 368 g/mol. The zero-order valence-corrected chi connectivity index (χ0v) is 16.4. The first kappa shape index (κ1) is 19.1. The van der Waals surface area contributed by atoms with Gasteiger partial charge in [0.15, 0.2) is 0 Å². The van der Waals surface area contributed by atoms with Gasteiger partial charge in [-0.05, 0) is 41.4 Å². The number of likely N-dealkylation sites (tertiary alicyclic amines) is 1. The van der Waals surface area contributed by atoms with Crippen LogP contribution in [-0.2, 0) is 11.3 Å². The van der Waals surface area contributed by atoms with Crippen molar-refractivity contribution in [3.63, 3.8) is 0 Å². The molecule has 1 fully saturated rings. The number of tetrazole rings is 1. The van der Waals surface area contributed by atoms with Gasteiger partial charge in [-0.2, -0.15) is 0 Å². The van der Waals surface area contributed by atoms with E-state index in [1.165, 1.54) is 16.6 Å². The number of amides is 1. The van der Waals surface area contributed by atoms with Crippen molar-refractivity contribution in [2.24, 2.45) is 0 Å². The molecule has 1 aromatic heterocycles. The van der Waals surface area contributed by atoms with Crippen molar-refractivity contribution in [1.29, 1.82) is 0 Å². The minimum atomic E-state index is -0.161. The summed E-state index contributed by atoms with van der Waals surface area (Å²) >= 11 is 0. The molecular formula is C21H24N6O2. The molecule has 0 saturated carbocycles. The Kier molecular flexibility index (Phi) is 5.81. The second kappa shape index (κ2) is 8.83. The largest absolute Gasteiger partial charge is 0.497 e. The van der Waals surface area contributed by atoms with E-state index >= 15 is 0 Å². The van der Waals surface area contributed by atoms with Crippen molar-refractivity contribution in [2.45, 2.75) is 31.8 Å². The van der Waals surface area contributed by atoms with Crippen LogP contribution in [0.2, 0.25) is 0 Å². The van der Waals surface area contributed by atoms with Crippen molar-refractivity contribution in [3.8, 4) is 11.4 Å². The predicted octanol–water partition coefficient (Wildman–Crippen LogP) is 2.66. The Balaban J connectivity index is 1.52. The standard InChI is InChI=1S/C21H24N6O2/c1-29-19-12-17(11-18(13-19)27-15-22-24-25-27)23-21(28)20-9-5-6-10-26(20)14-16-7-3-2-4-8-16/h2-4,7-8,11-13,15,20H,5-6,9-10,14H2,1H3,(H,23,28). The van der Waals surface area contributed by atoms with Crippen molar-refractivity contribution < 1.29 is 9.53 Å². The predicted molar refractivity (Wildman–Crippen MR) is 109 cm³/mol. The van der Waals surface area contributed by atoms with Crippen LogP contribution in [0.15, 0.2) is 54.9 Å². The fourth-order valence-corrected chi connectivity index (χ4v) is 3.71. The number of benzene rings is 2. The maximum Gasteiger partial charge on any atom is 0.241 e.